The van der Waals surface area contributed by atoms with Gasteiger partial charge in [-0.3, -0.25) is 0 Å². The van der Waals surface area contributed by atoms with Gasteiger partial charge in [-0.2, -0.15) is 0 Å². The van der Waals surface area contributed by atoms with E-state index in [4.69, 9.17) is 4.52 Å². The molecule has 0 atom stereocenters. The molecule has 0 radical (unpaired) electrons. The van der Waals surface area contributed by atoms with Gasteiger partial charge >= 0.3 is 0 Å². The van der Waals surface area contributed by atoms with Crippen molar-refractivity contribution in [3.05, 3.63) is 64.1 Å². The Balaban J connectivity index is 2.13. The molecule has 3 nitrogen and oxygen atoms in total. The lowest BCUT2D eigenvalue weighted by Gasteiger charge is -2.04. The van der Waals surface area contributed by atoms with Gasteiger partial charge in [-0.25, -0.2) is 0 Å². The molecule has 0 aliphatic carbocycles. The van der Waals surface area contributed by atoms with Crippen molar-refractivity contribution in [1.82, 2.24) is 5.16 Å². The minimum absolute atomic E-state index is 0.113. The van der Waals surface area contributed by atoms with E-state index in [2.05, 4.69) is 21.1 Å². The number of aliphatic hydroxyl groups excluding tert-OH is 1. The normalized spacial score (nSPS) is 10.8. The fraction of sp³-hybridized carbons (Fsp3) is 0.118. The third-order valence-corrected chi connectivity index (χ3v) is 3.98. The van der Waals surface area contributed by atoms with Crippen LogP contribution < -0.4 is 0 Å². The van der Waals surface area contributed by atoms with Crippen LogP contribution in [0, 0.1) is 6.92 Å². The van der Waals surface area contributed by atoms with Crippen molar-refractivity contribution in [2.75, 3.05) is 0 Å². The van der Waals surface area contributed by atoms with Crippen LogP contribution in [0.4, 0.5) is 0 Å². The van der Waals surface area contributed by atoms with Crippen LogP contribution in [-0.2, 0) is 6.61 Å². The fourth-order valence-corrected chi connectivity index (χ4v) is 2.59. The van der Waals surface area contributed by atoms with Crippen LogP contribution in [0.1, 0.15) is 11.1 Å². The maximum absolute atomic E-state index is 9.75. The van der Waals surface area contributed by atoms with Crippen LogP contribution in [0.3, 0.4) is 0 Å². The van der Waals surface area contributed by atoms with E-state index in [0.717, 1.165) is 21.2 Å². The van der Waals surface area contributed by atoms with E-state index >= 15 is 0 Å². The van der Waals surface area contributed by atoms with E-state index in [0.29, 0.717) is 17.0 Å². The summed E-state index contributed by atoms with van der Waals surface area (Å²) in [7, 11) is 0. The van der Waals surface area contributed by atoms with Crippen molar-refractivity contribution < 1.29 is 9.63 Å². The Morgan fingerprint density at radius 2 is 1.81 bits per heavy atom. The smallest absolute Gasteiger partial charge is 0.173 e. The Kier molecular flexibility index (Phi) is 3.90. The lowest BCUT2D eigenvalue weighted by molar-refractivity contribution is 0.281. The summed E-state index contributed by atoms with van der Waals surface area (Å²) in [6, 6.07) is 15.7. The van der Waals surface area contributed by atoms with Crippen molar-refractivity contribution in [2.24, 2.45) is 0 Å². The van der Waals surface area contributed by atoms with E-state index in [1.807, 2.05) is 55.5 Å². The van der Waals surface area contributed by atoms with Crippen molar-refractivity contribution in [3.8, 4) is 22.6 Å². The zero-order valence-corrected chi connectivity index (χ0v) is 13.1. The Morgan fingerprint density at radius 3 is 2.48 bits per heavy atom. The van der Waals surface area contributed by atoms with Crippen molar-refractivity contribution in [1.29, 1.82) is 0 Å². The minimum atomic E-state index is -0.113. The minimum Gasteiger partial charge on any atom is -0.391 e. The molecule has 1 N–H and O–H groups in total. The van der Waals surface area contributed by atoms with Crippen molar-refractivity contribution in [2.45, 2.75) is 13.5 Å². The van der Waals surface area contributed by atoms with Gasteiger partial charge < -0.3 is 9.63 Å². The third-order valence-electron chi connectivity index (χ3n) is 3.45. The average Bonchev–Trinajstić information content (AvgIpc) is 2.92. The second kappa shape index (κ2) is 5.84. The van der Waals surface area contributed by atoms with Gasteiger partial charge in [0.15, 0.2) is 5.76 Å². The summed E-state index contributed by atoms with van der Waals surface area (Å²) in [6.07, 6.45) is 0. The number of halogens is 1. The molecule has 0 saturated carbocycles. The largest absolute Gasteiger partial charge is 0.391 e. The number of benzene rings is 2. The Morgan fingerprint density at radius 1 is 1.10 bits per heavy atom. The number of aromatic nitrogens is 1. The summed E-state index contributed by atoms with van der Waals surface area (Å²) in [4.78, 5) is 0. The van der Waals surface area contributed by atoms with Gasteiger partial charge in [0, 0.05) is 15.6 Å². The second-order valence-corrected chi connectivity index (χ2v) is 5.73. The van der Waals surface area contributed by atoms with Crippen molar-refractivity contribution >= 4 is 15.9 Å². The molecule has 0 aliphatic heterocycles. The summed E-state index contributed by atoms with van der Waals surface area (Å²) in [5.41, 5.74) is 4.36. The van der Waals surface area contributed by atoms with E-state index in [1.165, 1.54) is 0 Å². The van der Waals surface area contributed by atoms with Gasteiger partial charge in [-0.1, -0.05) is 57.5 Å². The number of hydrogen-bond donors (Lipinski definition) is 1. The maximum Gasteiger partial charge on any atom is 0.173 e. The summed E-state index contributed by atoms with van der Waals surface area (Å²) < 4.78 is 6.52. The highest BCUT2D eigenvalue weighted by Crippen LogP contribution is 2.34. The summed E-state index contributed by atoms with van der Waals surface area (Å²) >= 11 is 3.41. The SMILES string of the molecule is Cc1ccccc1-c1onc(-c2ccc(Br)cc2)c1CO. The number of aliphatic hydroxyl groups is 1. The fourth-order valence-electron chi connectivity index (χ4n) is 2.33. The standard InChI is InChI=1S/C17H14BrNO2/c1-11-4-2-3-5-14(11)17-15(10-20)16(19-21-17)12-6-8-13(18)9-7-12/h2-9,20H,10H2,1H3. The van der Waals surface area contributed by atoms with Crippen LogP contribution >= 0.6 is 15.9 Å². The maximum atomic E-state index is 9.75. The van der Waals surface area contributed by atoms with E-state index in [9.17, 15) is 5.11 Å². The lowest BCUT2D eigenvalue weighted by Crippen LogP contribution is -1.90. The highest BCUT2D eigenvalue weighted by molar-refractivity contribution is 9.10. The highest BCUT2D eigenvalue weighted by Gasteiger charge is 2.19. The third kappa shape index (κ3) is 2.64. The van der Waals surface area contributed by atoms with Crippen LogP contribution in [0.25, 0.3) is 22.6 Å². The summed E-state index contributed by atoms with van der Waals surface area (Å²) in [5.74, 6) is 0.633. The molecule has 3 rings (SSSR count). The van der Waals surface area contributed by atoms with E-state index in [1.54, 1.807) is 0 Å². The molecule has 0 bridgehead atoms. The van der Waals surface area contributed by atoms with Gasteiger partial charge in [0.1, 0.15) is 5.69 Å². The first-order valence-electron chi connectivity index (χ1n) is 6.62. The highest BCUT2D eigenvalue weighted by atomic mass is 79.9. The van der Waals surface area contributed by atoms with Crippen LogP contribution in [0.5, 0.6) is 0 Å². The molecule has 0 aliphatic rings. The number of hydrogen-bond acceptors (Lipinski definition) is 3. The summed E-state index contributed by atoms with van der Waals surface area (Å²) in [5, 5.41) is 13.9. The second-order valence-electron chi connectivity index (χ2n) is 4.82. The van der Waals surface area contributed by atoms with E-state index in [-0.39, 0.29) is 6.61 Å². The van der Waals surface area contributed by atoms with Crippen LogP contribution in [0.2, 0.25) is 0 Å². The molecule has 21 heavy (non-hydrogen) atoms. The predicted octanol–water partition coefficient (Wildman–Crippen LogP) is 4.57. The Bertz CT molecular complexity index is 763. The zero-order chi connectivity index (χ0) is 14.8. The first-order chi connectivity index (χ1) is 10.2. The van der Waals surface area contributed by atoms with Gasteiger partial charge in [-0.15, -0.1) is 0 Å². The van der Waals surface area contributed by atoms with Gasteiger partial charge in [-0.05, 0) is 24.6 Å². The molecule has 106 valence electrons. The quantitative estimate of drug-likeness (QED) is 0.757. The molecular formula is C17H14BrNO2. The Labute approximate surface area is 131 Å². The van der Waals surface area contributed by atoms with Crippen LogP contribution in [0.15, 0.2) is 57.5 Å². The lowest BCUT2D eigenvalue weighted by atomic mass is 10.00. The first kappa shape index (κ1) is 14.0. The number of nitrogens with zero attached hydrogens (tertiary/aromatic N) is 1. The zero-order valence-electron chi connectivity index (χ0n) is 11.5. The molecule has 4 heteroatoms. The molecule has 0 amide bonds. The van der Waals surface area contributed by atoms with Gasteiger partial charge in [0.05, 0.1) is 12.2 Å². The van der Waals surface area contributed by atoms with Gasteiger partial charge in [0.25, 0.3) is 0 Å². The molecular weight excluding hydrogens is 330 g/mol. The number of aryl methyl sites for hydroxylation is 1. The molecule has 1 aromatic heterocycles. The topological polar surface area (TPSA) is 46.3 Å². The monoisotopic (exact) mass is 343 g/mol. The van der Waals surface area contributed by atoms with Gasteiger partial charge in [0.2, 0.25) is 0 Å². The molecule has 0 spiro atoms. The molecule has 2 aromatic carbocycles. The van der Waals surface area contributed by atoms with Crippen LogP contribution in [-0.4, -0.2) is 10.3 Å². The molecule has 1 heterocycles. The first-order valence-corrected chi connectivity index (χ1v) is 7.41. The number of rotatable bonds is 3. The molecule has 0 unspecified atom stereocenters. The molecule has 0 saturated heterocycles. The van der Waals surface area contributed by atoms with E-state index < -0.39 is 0 Å². The Hall–Kier alpha value is -1.91. The average molecular weight is 344 g/mol. The van der Waals surface area contributed by atoms with Crippen molar-refractivity contribution in [3.63, 3.8) is 0 Å². The molecule has 0 fully saturated rings. The summed E-state index contributed by atoms with van der Waals surface area (Å²) in [6.45, 7) is 1.90. The molecule has 3 aromatic rings. The predicted molar refractivity (Wildman–Crippen MR) is 85.7 cm³/mol.